The van der Waals surface area contributed by atoms with Gasteiger partial charge in [-0.05, 0) is 43.0 Å². The number of aryl methyl sites for hydroxylation is 1. The van der Waals surface area contributed by atoms with E-state index in [2.05, 4.69) is 26.3 Å². The molecule has 1 atom stereocenters. The Kier molecular flexibility index (Phi) is 4.63. The molecule has 154 valence electrons. The summed E-state index contributed by atoms with van der Waals surface area (Å²) in [6.07, 6.45) is 4.14. The fourth-order valence-electron chi connectivity index (χ4n) is 4.29. The van der Waals surface area contributed by atoms with Gasteiger partial charge in [0.05, 0.1) is 18.4 Å². The molecule has 0 bridgehead atoms. The Balaban J connectivity index is 1.48. The summed E-state index contributed by atoms with van der Waals surface area (Å²) in [5, 5.41) is 4.64. The van der Waals surface area contributed by atoms with Gasteiger partial charge in [0, 0.05) is 24.5 Å². The molecule has 1 amide bonds. The molecule has 2 aliphatic rings. The maximum atomic E-state index is 12.0. The van der Waals surface area contributed by atoms with Gasteiger partial charge in [-0.2, -0.15) is 4.98 Å². The van der Waals surface area contributed by atoms with Crippen LogP contribution in [0, 0.1) is 6.92 Å². The first-order valence-corrected chi connectivity index (χ1v) is 10.9. The fourth-order valence-corrected chi connectivity index (χ4v) is 5.82. The molecule has 0 saturated carbocycles. The highest BCUT2D eigenvalue weighted by Gasteiger charge is 2.56. The molecule has 0 radical (unpaired) electrons. The number of rotatable bonds is 5. The van der Waals surface area contributed by atoms with Crippen molar-refractivity contribution >= 4 is 40.5 Å². The van der Waals surface area contributed by atoms with E-state index < -0.39 is 0 Å². The number of carbonyl (C=O) groups excluding carboxylic acids is 1. The van der Waals surface area contributed by atoms with E-state index in [1.54, 1.807) is 30.7 Å². The Bertz CT molecular complexity index is 1150. The summed E-state index contributed by atoms with van der Waals surface area (Å²) in [7, 11) is 1.57. The third-order valence-electron chi connectivity index (χ3n) is 5.65. The van der Waals surface area contributed by atoms with Crippen molar-refractivity contribution in [1.82, 2.24) is 19.9 Å². The predicted octanol–water partition coefficient (Wildman–Crippen LogP) is 4.54. The number of amides is 1. The van der Waals surface area contributed by atoms with Crippen LogP contribution in [0.5, 0.6) is 5.88 Å². The Morgan fingerprint density at radius 2 is 2.17 bits per heavy atom. The van der Waals surface area contributed by atoms with Crippen LogP contribution in [0.2, 0.25) is 5.15 Å². The lowest BCUT2D eigenvalue weighted by atomic mass is 9.85. The molecule has 1 unspecified atom stereocenters. The largest absolute Gasteiger partial charge is 0.481 e. The van der Waals surface area contributed by atoms with Gasteiger partial charge in [0.15, 0.2) is 0 Å². The van der Waals surface area contributed by atoms with Gasteiger partial charge < -0.3 is 15.0 Å². The number of thiazole rings is 1. The molecule has 1 aromatic carbocycles. The predicted molar refractivity (Wildman–Crippen MR) is 116 cm³/mol. The summed E-state index contributed by atoms with van der Waals surface area (Å²) in [6.45, 7) is 2.84. The molecule has 5 rings (SSSR count). The maximum absolute atomic E-state index is 12.0. The summed E-state index contributed by atoms with van der Waals surface area (Å²) < 4.78 is 5.16. The number of nitrogens with zero attached hydrogens (tertiary/aromatic N) is 4. The van der Waals surface area contributed by atoms with Crippen molar-refractivity contribution in [3.8, 4) is 16.3 Å². The summed E-state index contributed by atoms with van der Waals surface area (Å²) in [6, 6.07) is 7.80. The topological polar surface area (TPSA) is 80.2 Å². The Morgan fingerprint density at radius 1 is 1.30 bits per heavy atom. The van der Waals surface area contributed by atoms with E-state index in [1.165, 1.54) is 0 Å². The molecule has 2 aliphatic heterocycles. The van der Waals surface area contributed by atoms with E-state index in [9.17, 15) is 4.79 Å². The number of β-lactam (4-membered cyclic amide) rings is 1. The van der Waals surface area contributed by atoms with Crippen LogP contribution in [0.3, 0.4) is 0 Å². The minimum atomic E-state index is -0.247. The summed E-state index contributed by atoms with van der Waals surface area (Å²) in [5.74, 6) is 1.15. The number of halogens is 1. The first-order chi connectivity index (χ1) is 14.5. The number of methoxy groups -OCH3 is 1. The number of benzene rings is 1. The number of ether oxygens (including phenoxy) is 1. The number of fused-ring (bicyclic) bond motifs is 1. The van der Waals surface area contributed by atoms with E-state index in [4.69, 9.17) is 16.3 Å². The van der Waals surface area contributed by atoms with Crippen LogP contribution in [0.4, 0.5) is 11.6 Å². The quantitative estimate of drug-likeness (QED) is 0.585. The van der Waals surface area contributed by atoms with Crippen molar-refractivity contribution in [3.05, 3.63) is 46.2 Å². The molecule has 0 spiro atoms. The zero-order valence-electron chi connectivity index (χ0n) is 16.6. The van der Waals surface area contributed by atoms with Crippen molar-refractivity contribution in [3.63, 3.8) is 0 Å². The lowest BCUT2D eigenvalue weighted by Crippen LogP contribution is -2.57. The number of anilines is 2. The highest BCUT2D eigenvalue weighted by atomic mass is 35.5. The number of nitrogens with one attached hydrogen (secondary N) is 1. The molecule has 30 heavy (non-hydrogen) atoms. The number of hydrogen-bond donors (Lipinski definition) is 1. The standard InChI is InChI=1S/C21H20ClN5O2S/c1-12-8-13(10-14(9-12)24-20-23-6-4-15(25-20)29-2)17-18(22)26-19(30-17)21-5-3-7-27(21)16(28)11-21/h4,6,8-10H,3,5,7,11H2,1-2H3,(H,23,24,25). The smallest absolute Gasteiger partial charge is 0.230 e. The third-order valence-corrected chi connectivity index (χ3v) is 7.34. The van der Waals surface area contributed by atoms with E-state index in [1.807, 2.05) is 24.0 Å². The lowest BCUT2D eigenvalue weighted by molar-refractivity contribution is -0.153. The Morgan fingerprint density at radius 3 is 2.97 bits per heavy atom. The second kappa shape index (κ2) is 7.21. The maximum Gasteiger partial charge on any atom is 0.230 e. The van der Waals surface area contributed by atoms with Crippen LogP contribution in [0.1, 0.15) is 29.8 Å². The van der Waals surface area contributed by atoms with Crippen molar-refractivity contribution in [1.29, 1.82) is 0 Å². The summed E-state index contributed by atoms with van der Waals surface area (Å²) >= 11 is 8.15. The normalized spacial score (nSPS) is 20.1. The van der Waals surface area contributed by atoms with Crippen molar-refractivity contribution in [2.24, 2.45) is 0 Å². The molecule has 2 aromatic heterocycles. The van der Waals surface area contributed by atoms with Crippen LogP contribution < -0.4 is 10.1 Å². The van der Waals surface area contributed by atoms with Crippen LogP contribution in [0.25, 0.3) is 10.4 Å². The molecular weight excluding hydrogens is 422 g/mol. The molecule has 1 N–H and O–H groups in total. The highest BCUT2D eigenvalue weighted by molar-refractivity contribution is 7.16. The summed E-state index contributed by atoms with van der Waals surface area (Å²) in [4.78, 5) is 28.1. The first-order valence-electron chi connectivity index (χ1n) is 9.72. The van der Waals surface area contributed by atoms with Crippen molar-refractivity contribution < 1.29 is 9.53 Å². The zero-order valence-corrected chi connectivity index (χ0v) is 18.2. The van der Waals surface area contributed by atoms with Crippen molar-refractivity contribution in [2.75, 3.05) is 19.0 Å². The van der Waals surface area contributed by atoms with Gasteiger partial charge in [0.2, 0.25) is 17.7 Å². The number of carbonyl (C=O) groups is 1. The zero-order chi connectivity index (χ0) is 20.9. The van der Waals surface area contributed by atoms with Gasteiger partial charge in [-0.25, -0.2) is 9.97 Å². The van der Waals surface area contributed by atoms with E-state index >= 15 is 0 Å². The number of hydrogen-bond acceptors (Lipinski definition) is 7. The van der Waals surface area contributed by atoms with Crippen LogP contribution >= 0.6 is 22.9 Å². The van der Waals surface area contributed by atoms with Crippen molar-refractivity contribution in [2.45, 2.75) is 31.7 Å². The monoisotopic (exact) mass is 441 g/mol. The van der Waals surface area contributed by atoms with E-state index in [-0.39, 0.29) is 11.4 Å². The lowest BCUT2D eigenvalue weighted by Gasteiger charge is -2.45. The minimum absolute atomic E-state index is 0.209. The van der Waals surface area contributed by atoms with Gasteiger partial charge in [-0.1, -0.05) is 17.7 Å². The van der Waals surface area contributed by atoms with E-state index in [0.717, 1.165) is 46.1 Å². The Labute approximate surface area is 183 Å². The van der Waals surface area contributed by atoms with Gasteiger partial charge in [-0.15, -0.1) is 11.3 Å². The average molecular weight is 442 g/mol. The molecule has 3 aromatic rings. The third kappa shape index (κ3) is 3.11. The first kappa shape index (κ1) is 19.3. The average Bonchev–Trinajstić information content (AvgIpc) is 3.27. The van der Waals surface area contributed by atoms with Gasteiger partial charge in [0.25, 0.3) is 0 Å². The molecule has 9 heteroatoms. The van der Waals surface area contributed by atoms with Gasteiger partial charge in [-0.3, -0.25) is 4.79 Å². The molecule has 4 heterocycles. The number of aromatic nitrogens is 3. The molecule has 7 nitrogen and oxygen atoms in total. The Hall–Kier alpha value is -2.71. The van der Waals surface area contributed by atoms with Crippen LogP contribution in [-0.4, -0.2) is 39.4 Å². The van der Waals surface area contributed by atoms with Crippen LogP contribution in [0.15, 0.2) is 30.5 Å². The minimum Gasteiger partial charge on any atom is -0.481 e. The van der Waals surface area contributed by atoms with Crippen LogP contribution in [-0.2, 0) is 10.3 Å². The molecule has 2 saturated heterocycles. The van der Waals surface area contributed by atoms with E-state index in [0.29, 0.717) is 23.4 Å². The second-order valence-corrected chi connectivity index (χ2v) is 8.99. The highest BCUT2D eigenvalue weighted by Crippen LogP contribution is 2.52. The SMILES string of the molecule is COc1ccnc(Nc2cc(C)cc(-c3sc(C45CCCN4C(=O)C5)nc3Cl)c2)n1. The molecule has 2 fully saturated rings. The molecular formula is C21H20ClN5O2S. The summed E-state index contributed by atoms with van der Waals surface area (Å²) in [5.41, 5.74) is 2.65. The fraction of sp³-hybridized carbons (Fsp3) is 0.333. The molecule has 0 aliphatic carbocycles. The second-order valence-electron chi connectivity index (χ2n) is 7.63. The van der Waals surface area contributed by atoms with Gasteiger partial charge >= 0.3 is 0 Å². The van der Waals surface area contributed by atoms with Gasteiger partial charge in [0.1, 0.15) is 15.7 Å².